The Balaban J connectivity index is 2.09. The van der Waals surface area contributed by atoms with Crippen molar-refractivity contribution in [3.63, 3.8) is 0 Å². The summed E-state index contributed by atoms with van der Waals surface area (Å²) in [7, 11) is -3.00. The fraction of sp³-hybridized carbons (Fsp3) is 0.111. The van der Waals surface area contributed by atoms with Crippen molar-refractivity contribution >= 4 is 36.7 Å². The summed E-state index contributed by atoms with van der Waals surface area (Å²) in [4.78, 5) is 16.5. The molecule has 1 amide bonds. The van der Waals surface area contributed by atoms with Gasteiger partial charge in [-0.15, -0.1) is 0 Å². The maximum absolute atomic E-state index is 12.9. The molecule has 1 aliphatic rings. The number of para-hydroxylation sites is 2. The molecule has 1 heterocycles. The molecule has 4 nitrogen and oxygen atoms in total. The molecule has 25 heavy (non-hydrogen) atoms. The largest absolute Gasteiger partial charge is 0.796 e. The van der Waals surface area contributed by atoms with E-state index in [1.54, 1.807) is 24.3 Å². The Hall–Kier alpha value is -2.96. The highest BCUT2D eigenvalue weighted by molar-refractivity contribution is 6.36. The van der Waals surface area contributed by atoms with Crippen LogP contribution in [0.25, 0.3) is 5.76 Å². The van der Waals surface area contributed by atoms with Gasteiger partial charge in [0.15, 0.2) is 0 Å². The average Bonchev–Trinajstić information content (AvgIpc) is 2.70. The van der Waals surface area contributed by atoms with Crippen LogP contribution in [0.4, 0.5) is 20.0 Å². The number of carbonyl (C=O) groups is 1. The van der Waals surface area contributed by atoms with E-state index in [-0.39, 0.29) is 18.1 Å². The Morgan fingerprint density at radius 3 is 2.64 bits per heavy atom. The Morgan fingerprint density at radius 1 is 1.16 bits per heavy atom. The highest BCUT2D eigenvalue weighted by Gasteiger charge is 2.27. The van der Waals surface area contributed by atoms with Gasteiger partial charge >= 0.3 is 7.47 Å². The number of hydrogen-bond donors (Lipinski definition) is 1. The van der Waals surface area contributed by atoms with E-state index in [1.165, 1.54) is 6.21 Å². The summed E-state index contributed by atoms with van der Waals surface area (Å²) in [6.07, 6.45) is 1.31. The Labute approximate surface area is 144 Å². The quantitative estimate of drug-likeness (QED) is 0.663. The van der Waals surface area contributed by atoms with Crippen molar-refractivity contribution in [2.24, 2.45) is 4.99 Å². The molecule has 0 saturated carbocycles. The highest BCUT2D eigenvalue weighted by atomic mass is 19.2. The number of carbonyl (C=O) groups excluding carboxylic acids is 1. The van der Waals surface area contributed by atoms with Crippen LogP contribution in [0.5, 0.6) is 0 Å². The molecule has 0 saturated heterocycles. The Bertz CT molecular complexity index is 866. The molecular formula is C18H15BF2N2O2. The first-order chi connectivity index (χ1) is 12.0. The second-order valence-corrected chi connectivity index (χ2v) is 5.55. The van der Waals surface area contributed by atoms with Gasteiger partial charge in [-0.05, 0) is 30.7 Å². The SMILES string of the molecule is Cc1ccccc1N=CC1=C(OB(F)F)c2ccccc2NC(=O)C1. The van der Waals surface area contributed by atoms with E-state index in [0.29, 0.717) is 22.5 Å². The third-order valence-electron chi connectivity index (χ3n) is 3.77. The zero-order valence-corrected chi connectivity index (χ0v) is 13.5. The maximum atomic E-state index is 12.9. The van der Waals surface area contributed by atoms with Crippen LogP contribution in [0.2, 0.25) is 0 Å². The van der Waals surface area contributed by atoms with Crippen molar-refractivity contribution in [2.75, 3.05) is 5.32 Å². The number of aliphatic imine (C=N–C) groups is 1. The number of nitrogens with zero attached hydrogens (tertiary/aromatic N) is 1. The summed E-state index contributed by atoms with van der Waals surface area (Å²) in [5, 5.41) is 2.70. The zero-order valence-electron chi connectivity index (χ0n) is 13.5. The minimum Gasteiger partial charge on any atom is -0.504 e. The molecule has 2 aromatic rings. The molecule has 0 aliphatic carbocycles. The van der Waals surface area contributed by atoms with Crippen molar-refractivity contribution in [1.82, 2.24) is 0 Å². The number of hydrogen-bond acceptors (Lipinski definition) is 3. The van der Waals surface area contributed by atoms with E-state index >= 15 is 0 Å². The lowest BCUT2D eigenvalue weighted by Gasteiger charge is -2.12. The van der Waals surface area contributed by atoms with Crippen LogP contribution >= 0.6 is 0 Å². The fourth-order valence-electron chi connectivity index (χ4n) is 2.60. The van der Waals surface area contributed by atoms with Gasteiger partial charge in [0.1, 0.15) is 5.76 Å². The van der Waals surface area contributed by atoms with Gasteiger partial charge in [0.2, 0.25) is 5.91 Å². The molecule has 1 aliphatic heterocycles. The summed E-state index contributed by atoms with van der Waals surface area (Å²) in [6, 6.07) is 14.1. The van der Waals surface area contributed by atoms with Crippen LogP contribution in [0, 0.1) is 6.92 Å². The number of aryl methyl sites for hydroxylation is 1. The minimum absolute atomic E-state index is 0.0405. The number of benzene rings is 2. The third-order valence-corrected chi connectivity index (χ3v) is 3.77. The smallest absolute Gasteiger partial charge is 0.504 e. The molecule has 0 atom stereocenters. The predicted octanol–water partition coefficient (Wildman–Crippen LogP) is 4.39. The molecule has 0 bridgehead atoms. The minimum atomic E-state index is -3.00. The molecule has 0 unspecified atom stereocenters. The molecular weight excluding hydrogens is 325 g/mol. The van der Waals surface area contributed by atoms with Crippen LogP contribution < -0.4 is 5.32 Å². The number of amides is 1. The van der Waals surface area contributed by atoms with Gasteiger partial charge in [0, 0.05) is 17.4 Å². The van der Waals surface area contributed by atoms with Crippen molar-refractivity contribution in [1.29, 1.82) is 0 Å². The number of nitrogens with one attached hydrogen (secondary N) is 1. The molecule has 0 spiro atoms. The van der Waals surface area contributed by atoms with Gasteiger partial charge in [-0.2, -0.15) is 0 Å². The van der Waals surface area contributed by atoms with Crippen LogP contribution in [-0.2, 0) is 9.45 Å². The number of halogens is 2. The second-order valence-electron chi connectivity index (χ2n) is 5.55. The first kappa shape index (κ1) is 16.9. The molecule has 3 rings (SSSR count). The molecule has 126 valence electrons. The summed E-state index contributed by atoms with van der Waals surface area (Å²) < 4.78 is 30.6. The van der Waals surface area contributed by atoms with Gasteiger partial charge in [0.05, 0.1) is 17.8 Å². The lowest BCUT2D eigenvalue weighted by molar-refractivity contribution is -0.115. The fourth-order valence-corrected chi connectivity index (χ4v) is 2.60. The van der Waals surface area contributed by atoms with E-state index in [9.17, 15) is 13.4 Å². The summed E-state index contributed by atoms with van der Waals surface area (Å²) in [6.45, 7) is 1.90. The number of anilines is 1. The number of rotatable bonds is 4. The van der Waals surface area contributed by atoms with Crippen molar-refractivity contribution in [3.05, 3.63) is 65.2 Å². The summed E-state index contributed by atoms with van der Waals surface area (Å²) >= 11 is 0. The average molecular weight is 340 g/mol. The maximum Gasteiger partial charge on any atom is 0.796 e. The highest BCUT2D eigenvalue weighted by Crippen LogP contribution is 2.32. The molecule has 0 aromatic heterocycles. The molecule has 2 aromatic carbocycles. The standard InChI is InChI=1S/C18H15BF2N2O2/c1-12-6-2-4-8-15(12)22-11-13-10-17(24)23-16-9-5-3-7-14(16)18(13)25-19(20)21/h2-9,11H,10H2,1H3,(H,23,24). The van der Waals surface area contributed by atoms with Crippen LogP contribution in [-0.4, -0.2) is 19.6 Å². The third kappa shape index (κ3) is 3.93. The van der Waals surface area contributed by atoms with Gasteiger partial charge in [-0.25, -0.2) is 8.63 Å². The topological polar surface area (TPSA) is 50.7 Å². The van der Waals surface area contributed by atoms with E-state index in [0.717, 1.165) is 5.56 Å². The molecule has 1 N–H and O–H groups in total. The van der Waals surface area contributed by atoms with E-state index in [2.05, 4.69) is 10.3 Å². The zero-order chi connectivity index (χ0) is 17.8. The van der Waals surface area contributed by atoms with E-state index in [1.807, 2.05) is 31.2 Å². The number of fused-ring (bicyclic) bond motifs is 1. The van der Waals surface area contributed by atoms with E-state index in [4.69, 9.17) is 4.65 Å². The molecule has 0 radical (unpaired) electrons. The van der Waals surface area contributed by atoms with Gasteiger partial charge in [0.25, 0.3) is 0 Å². The first-order valence-corrected chi connectivity index (χ1v) is 7.71. The lowest BCUT2D eigenvalue weighted by atomic mass is 10.1. The van der Waals surface area contributed by atoms with Crippen LogP contribution in [0.1, 0.15) is 17.5 Å². The normalized spacial score (nSPS) is 14.1. The lowest BCUT2D eigenvalue weighted by Crippen LogP contribution is -2.11. The van der Waals surface area contributed by atoms with Crippen molar-refractivity contribution < 1.29 is 18.1 Å². The molecule has 0 fully saturated rings. The van der Waals surface area contributed by atoms with Gasteiger partial charge < -0.3 is 9.97 Å². The summed E-state index contributed by atoms with van der Waals surface area (Å²) in [5.41, 5.74) is 2.77. The summed E-state index contributed by atoms with van der Waals surface area (Å²) in [5.74, 6) is -0.354. The van der Waals surface area contributed by atoms with Gasteiger partial charge in [-0.3, -0.25) is 9.79 Å². The van der Waals surface area contributed by atoms with Gasteiger partial charge in [-0.1, -0.05) is 30.3 Å². The Kier molecular flexibility index (Phi) is 4.93. The van der Waals surface area contributed by atoms with Crippen molar-refractivity contribution in [3.8, 4) is 0 Å². The predicted molar refractivity (Wildman–Crippen MR) is 95.0 cm³/mol. The van der Waals surface area contributed by atoms with Crippen LogP contribution in [0.3, 0.4) is 0 Å². The van der Waals surface area contributed by atoms with Crippen molar-refractivity contribution in [2.45, 2.75) is 13.3 Å². The Morgan fingerprint density at radius 2 is 1.88 bits per heavy atom. The first-order valence-electron chi connectivity index (χ1n) is 7.71. The van der Waals surface area contributed by atoms with Crippen LogP contribution in [0.15, 0.2) is 59.1 Å². The monoisotopic (exact) mass is 340 g/mol. The second kappa shape index (κ2) is 7.30. The van der Waals surface area contributed by atoms with E-state index < -0.39 is 7.47 Å². The molecule has 7 heteroatoms.